The predicted molar refractivity (Wildman–Crippen MR) is 95.5 cm³/mol. The first kappa shape index (κ1) is 15.7. The maximum atomic E-state index is 12.7. The van der Waals surface area contributed by atoms with Gasteiger partial charge in [0.25, 0.3) is 5.91 Å². The van der Waals surface area contributed by atoms with Crippen molar-refractivity contribution in [2.45, 2.75) is 18.8 Å². The van der Waals surface area contributed by atoms with Crippen molar-refractivity contribution in [3.05, 3.63) is 48.0 Å². The van der Waals surface area contributed by atoms with Crippen LogP contribution in [0.15, 0.2) is 36.5 Å². The Morgan fingerprint density at radius 3 is 2.88 bits per heavy atom. The summed E-state index contributed by atoms with van der Waals surface area (Å²) in [5, 5.41) is 12.5. The van der Waals surface area contributed by atoms with Crippen LogP contribution in [-0.4, -0.2) is 38.7 Å². The Kier molecular flexibility index (Phi) is 4.15. The van der Waals surface area contributed by atoms with Gasteiger partial charge in [0.2, 0.25) is 5.95 Å². The monoisotopic (exact) mass is 336 g/mol. The van der Waals surface area contributed by atoms with Crippen molar-refractivity contribution in [2.24, 2.45) is 7.05 Å². The highest BCUT2D eigenvalue weighted by atomic mass is 16.2. The highest BCUT2D eigenvalue weighted by Crippen LogP contribution is 2.23. The average molecular weight is 336 g/mol. The van der Waals surface area contributed by atoms with Crippen LogP contribution in [0.3, 0.4) is 0 Å². The van der Waals surface area contributed by atoms with Crippen LogP contribution in [0, 0.1) is 0 Å². The van der Waals surface area contributed by atoms with Gasteiger partial charge < -0.3 is 5.32 Å². The van der Waals surface area contributed by atoms with E-state index in [9.17, 15) is 4.79 Å². The molecule has 1 amide bonds. The Morgan fingerprint density at radius 1 is 1.24 bits per heavy atom. The fourth-order valence-corrected chi connectivity index (χ4v) is 3.23. The summed E-state index contributed by atoms with van der Waals surface area (Å²) >= 11 is 0. The molecule has 0 bridgehead atoms. The molecule has 0 unspecified atom stereocenters. The van der Waals surface area contributed by atoms with Gasteiger partial charge in [0, 0.05) is 24.5 Å². The molecule has 1 aliphatic rings. The Morgan fingerprint density at radius 2 is 2.04 bits per heavy atom. The number of aryl methyl sites for hydroxylation is 1. The van der Waals surface area contributed by atoms with Gasteiger partial charge in [-0.05, 0) is 37.4 Å². The molecule has 3 aromatic rings. The number of piperidine rings is 1. The average Bonchev–Trinajstić information content (AvgIpc) is 3.02. The summed E-state index contributed by atoms with van der Waals surface area (Å²) in [7, 11) is 1.80. The van der Waals surface area contributed by atoms with Gasteiger partial charge in [-0.1, -0.05) is 24.3 Å². The summed E-state index contributed by atoms with van der Waals surface area (Å²) in [5.41, 5.74) is 0.393. The van der Waals surface area contributed by atoms with E-state index in [4.69, 9.17) is 0 Å². The number of aromatic nitrogens is 4. The lowest BCUT2D eigenvalue weighted by Gasteiger charge is -2.19. The molecule has 0 aliphatic carbocycles. The molecule has 1 aromatic carbocycles. The smallest absolute Gasteiger partial charge is 0.277 e. The second-order valence-electron chi connectivity index (χ2n) is 6.28. The zero-order valence-electron chi connectivity index (χ0n) is 14.1. The van der Waals surface area contributed by atoms with Crippen molar-refractivity contribution >= 4 is 22.6 Å². The molecule has 0 atom stereocenters. The lowest BCUT2D eigenvalue weighted by molar-refractivity contribution is 0.102. The Hall–Kier alpha value is -2.80. The Bertz CT molecular complexity index is 908. The van der Waals surface area contributed by atoms with Gasteiger partial charge in [-0.3, -0.25) is 15.1 Å². The fraction of sp³-hybridized carbons (Fsp3) is 0.333. The topological polar surface area (TPSA) is 84.7 Å². The van der Waals surface area contributed by atoms with E-state index in [0.29, 0.717) is 17.6 Å². The maximum absolute atomic E-state index is 12.7. The molecule has 0 spiro atoms. The van der Waals surface area contributed by atoms with E-state index in [1.165, 1.54) is 0 Å². The third kappa shape index (κ3) is 3.10. The molecule has 0 saturated carbocycles. The first-order valence-corrected chi connectivity index (χ1v) is 8.49. The summed E-state index contributed by atoms with van der Waals surface area (Å²) < 4.78 is 1.63. The second-order valence-corrected chi connectivity index (χ2v) is 6.28. The summed E-state index contributed by atoms with van der Waals surface area (Å²) in [6, 6.07) is 9.60. The van der Waals surface area contributed by atoms with E-state index in [-0.39, 0.29) is 5.91 Å². The van der Waals surface area contributed by atoms with Crippen LogP contribution < -0.4 is 10.6 Å². The van der Waals surface area contributed by atoms with Gasteiger partial charge in [0.1, 0.15) is 5.69 Å². The number of carbonyl (C=O) groups is 1. The van der Waals surface area contributed by atoms with E-state index in [2.05, 4.69) is 25.7 Å². The van der Waals surface area contributed by atoms with E-state index in [1.54, 1.807) is 17.9 Å². The molecule has 3 heterocycles. The number of hydrogen-bond acceptors (Lipinski definition) is 5. The predicted octanol–water partition coefficient (Wildman–Crippen LogP) is 2.08. The number of anilines is 1. The van der Waals surface area contributed by atoms with Gasteiger partial charge in [-0.15, -0.1) is 0 Å². The molecule has 128 valence electrons. The zero-order chi connectivity index (χ0) is 17.2. The molecule has 4 rings (SSSR count). The minimum Gasteiger partial charge on any atom is -0.317 e. The van der Waals surface area contributed by atoms with Gasteiger partial charge in [0.05, 0.1) is 0 Å². The lowest BCUT2D eigenvalue weighted by atomic mass is 9.98. The van der Waals surface area contributed by atoms with Crippen molar-refractivity contribution in [1.29, 1.82) is 0 Å². The standard InChI is InChI=1S/C18H20N6O/c1-24-18(21-16(23-24)13-6-9-19-10-7-13)22-17(25)15-14-5-3-2-4-12(14)8-11-20-15/h2-5,8,11,13,19H,6-7,9-10H2,1H3,(H,21,22,23,25). The van der Waals surface area contributed by atoms with E-state index < -0.39 is 0 Å². The van der Waals surface area contributed by atoms with Gasteiger partial charge >= 0.3 is 0 Å². The maximum Gasteiger partial charge on any atom is 0.277 e. The van der Waals surface area contributed by atoms with Gasteiger partial charge in [-0.2, -0.15) is 10.1 Å². The molecule has 1 saturated heterocycles. The van der Waals surface area contributed by atoms with Crippen molar-refractivity contribution in [1.82, 2.24) is 25.1 Å². The summed E-state index contributed by atoms with van der Waals surface area (Å²) in [4.78, 5) is 21.5. The van der Waals surface area contributed by atoms with E-state index in [0.717, 1.165) is 42.5 Å². The minimum atomic E-state index is -0.274. The molecule has 0 radical (unpaired) electrons. The van der Waals surface area contributed by atoms with Crippen LogP contribution in [0.5, 0.6) is 0 Å². The number of hydrogen-bond donors (Lipinski definition) is 2. The number of amides is 1. The van der Waals surface area contributed by atoms with Crippen LogP contribution in [0.2, 0.25) is 0 Å². The fourth-order valence-electron chi connectivity index (χ4n) is 3.23. The number of nitrogens with one attached hydrogen (secondary N) is 2. The summed E-state index contributed by atoms with van der Waals surface area (Å²) in [6.45, 7) is 1.95. The van der Waals surface area contributed by atoms with Crippen LogP contribution in [0.1, 0.15) is 35.1 Å². The summed E-state index contributed by atoms with van der Waals surface area (Å²) in [6.07, 6.45) is 3.68. The number of fused-ring (bicyclic) bond motifs is 1. The highest BCUT2D eigenvalue weighted by molar-refractivity contribution is 6.10. The normalized spacial score (nSPS) is 15.4. The quantitative estimate of drug-likeness (QED) is 0.765. The summed E-state index contributed by atoms with van der Waals surface area (Å²) in [5.74, 6) is 1.32. The van der Waals surface area contributed by atoms with Crippen LogP contribution in [-0.2, 0) is 7.05 Å². The van der Waals surface area contributed by atoms with Crippen molar-refractivity contribution in [3.63, 3.8) is 0 Å². The molecule has 7 heteroatoms. The number of rotatable bonds is 3. The first-order chi connectivity index (χ1) is 12.2. The van der Waals surface area contributed by atoms with Crippen LogP contribution in [0.25, 0.3) is 10.8 Å². The minimum absolute atomic E-state index is 0.274. The number of carbonyl (C=O) groups excluding carboxylic acids is 1. The third-order valence-electron chi connectivity index (χ3n) is 4.60. The van der Waals surface area contributed by atoms with Crippen molar-refractivity contribution < 1.29 is 4.79 Å². The molecule has 2 aromatic heterocycles. The number of pyridine rings is 1. The first-order valence-electron chi connectivity index (χ1n) is 8.49. The second kappa shape index (κ2) is 6.60. The molecule has 1 aliphatic heterocycles. The molecule has 25 heavy (non-hydrogen) atoms. The third-order valence-corrected chi connectivity index (χ3v) is 4.60. The molecule has 2 N–H and O–H groups in total. The van der Waals surface area contributed by atoms with Crippen LogP contribution in [0.4, 0.5) is 5.95 Å². The van der Waals surface area contributed by atoms with Crippen LogP contribution >= 0.6 is 0 Å². The molecule has 1 fully saturated rings. The molecule has 7 nitrogen and oxygen atoms in total. The zero-order valence-corrected chi connectivity index (χ0v) is 14.1. The highest BCUT2D eigenvalue weighted by Gasteiger charge is 2.22. The number of nitrogens with zero attached hydrogens (tertiary/aromatic N) is 4. The van der Waals surface area contributed by atoms with Gasteiger partial charge in [0.15, 0.2) is 5.82 Å². The Balaban J connectivity index is 1.59. The van der Waals surface area contributed by atoms with Gasteiger partial charge in [-0.25, -0.2) is 4.68 Å². The van der Waals surface area contributed by atoms with E-state index >= 15 is 0 Å². The van der Waals surface area contributed by atoms with Crippen molar-refractivity contribution in [3.8, 4) is 0 Å². The SMILES string of the molecule is Cn1nc(C2CCNCC2)nc1NC(=O)c1nccc2ccccc12. The largest absolute Gasteiger partial charge is 0.317 e. The number of benzene rings is 1. The lowest BCUT2D eigenvalue weighted by Crippen LogP contribution is -2.27. The molecular formula is C18H20N6O. The van der Waals surface area contributed by atoms with E-state index in [1.807, 2.05) is 30.3 Å². The Labute approximate surface area is 145 Å². The van der Waals surface area contributed by atoms with Crippen molar-refractivity contribution in [2.75, 3.05) is 18.4 Å². The molecular weight excluding hydrogens is 316 g/mol.